The number of carboxylic acid groups (broad SMARTS) is 1. The van der Waals surface area contributed by atoms with Gasteiger partial charge in [-0.2, -0.15) is 0 Å². The molecule has 1 unspecified atom stereocenters. The summed E-state index contributed by atoms with van der Waals surface area (Å²) in [6.45, 7) is 3.13. The molecule has 110 valence electrons. The summed E-state index contributed by atoms with van der Waals surface area (Å²) in [4.78, 5) is 22.4. The fourth-order valence-electron chi connectivity index (χ4n) is 2.30. The Hall–Kier alpha value is -1.11. The molecule has 0 amide bonds. The second-order valence-corrected chi connectivity index (χ2v) is 7.69. The second kappa shape index (κ2) is 5.48. The molecule has 0 saturated heterocycles. The molecule has 1 N–H and O–H groups in total. The van der Waals surface area contributed by atoms with Crippen molar-refractivity contribution in [2.24, 2.45) is 11.3 Å². The van der Waals surface area contributed by atoms with Gasteiger partial charge in [0.25, 0.3) is 0 Å². The summed E-state index contributed by atoms with van der Waals surface area (Å²) >= 11 is 0. The third-order valence-electron chi connectivity index (χ3n) is 3.45. The van der Waals surface area contributed by atoms with Crippen LogP contribution in [-0.2, 0) is 24.2 Å². The Morgan fingerprint density at radius 2 is 1.84 bits per heavy atom. The predicted molar refractivity (Wildman–Crippen MR) is 68.3 cm³/mol. The number of carbonyl (C=O) groups is 2. The zero-order valence-electron chi connectivity index (χ0n) is 11.4. The van der Waals surface area contributed by atoms with Gasteiger partial charge in [0, 0.05) is 0 Å². The summed E-state index contributed by atoms with van der Waals surface area (Å²) in [7, 11) is -2.53. The molecule has 0 heterocycles. The molecule has 0 aromatic carbocycles. The van der Waals surface area contributed by atoms with Crippen molar-refractivity contribution >= 4 is 21.8 Å². The monoisotopic (exact) mass is 292 g/mol. The van der Waals surface area contributed by atoms with Gasteiger partial charge in [-0.3, -0.25) is 9.59 Å². The number of sulfone groups is 1. The van der Waals surface area contributed by atoms with Crippen molar-refractivity contribution in [2.75, 3.05) is 12.9 Å². The first-order chi connectivity index (χ1) is 8.63. The summed E-state index contributed by atoms with van der Waals surface area (Å²) < 4.78 is 29.0. The summed E-state index contributed by atoms with van der Waals surface area (Å²) in [5, 5.41) is 7.64. The Morgan fingerprint density at radius 3 is 2.16 bits per heavy atom. The molecule has 1 atom stereocenters. The van der Waals surface area contributed by atoms with Crippen molar-refractivity contribution in [1.82, 2.24) is 0 Å². The number of aliphatic carboxylic acids is 1. The molecule has 0 spiro atoms. The molecule has 0 aliphatic heterocycles. The lowest BCUT2D eigenvalue weighted by atomic mass is 10.1. The Kier molecular flexibility index (Phi) is 4.60. The maximum absolute atomic E-state index is 12.2. The van der Waals surface area contributed by atoms with Gasteiger partial charge in [-0.1, -0.05) is 13.8 Å². The van der Waals surface area contributed by atoms with Gasteiger partial charge in [0.1, 0.15) is 0 Å². The minimum atomic E-state index is -3.78. The Labute approximate surface area is 113 Å². The molecule has 1 rings (SSSR count). The fourth-order valence-corrected chi connectivity index (χ4v) is 4.86. The number of rotatable bonds is 7. The summed E-state index contributed by atoms with van der Waals surface area (Å²) in [6.07, 6.45) is 1.27. The molecule has 0 bridgehead atoms. The summed E-state index contributed by atoms with van der Waals surface area (Å²) in [5.74, 6) is -2.55. The van der Waals surface area contributed by atoms with E-state index in [0.717, 1.165) is 0 Å². The smallest absolute Gasteiger partial charge is 0.322 e. The third kappa shape index (κ3) is 3.92. The van der Waals surface area contributed by atoms with E-state index in [0.29, 0.717) is 12.8 Å². The highest BCUT2D eigenvalue weighted by atomic mass is 32.2. The molecule has 6 nitrogen and oxygen atoms in total. The van der Waals surface area contributed by atoms with Crippen LogP contribution in [0.1, 0.15) is 33.1 Å². The molecule has 0 aromatic rings. The number of methoxy groups -OCH3 is 1. The minimum Gasteiger partial charge on any atom is -0.480 e. The van der Waals surface area contributed by atoms with Crippen LogP contribution in [0.4, 0.5) is 0 Å². The van der Waals surface area contributed by atoms with Crippen molar-refractivity contribution in [1.29, 1.82) is 0 Å². The molecule has 1 aliphatic rings. The zero-order valence-corrected chi connectivity index (χ0v) is 12.2. The lowest BCUT2D eigenvalue weighted by Crippen LogP contribution is -2.39. The molecule has 1 fully saturated rings. The molecule has 1 saturated carbocycles. The van der Waals surface area contributed by atoms with Gasteiger partial charge in [-0.15, -0.1) is 0 Å². The third-order valence-corrected chi connectivity index (χ3v) is 5.98. The largest absolute Gasteiger partial charge is 0.480 e. The number of carbonyl (C=O) groups excluding carboxylic acids is 1. The highest BCUT2D eigenvalue weighted by Gasteiger charge is 2.50. The van der Waals surface area contributed by atoms with Crippen LogP contribution in [0.2, 0.25) is 0 Å². The maximum Gasteiger partial charge on any atom is 0.322 e. The van der Waals surface area contributed by atoms with Gasteiger partial charge in [-0.25, -0.2) is 8.42 Å². The van der Waals surface area contributed by atoms with Gasteiger partial charge in [0.05, 0.1) is 19.3 Å². The molecule has 1 aliphatic carbocycles. The molecular weight excluding hydrogens is 272 g/mol. The number of hydrogen-bond acceptors (Lipinski definition) is 5. The van der Waals surface area contributed by atoms with Crippen LogP contribution in [-0.4, -0.2) is 43.6 Å². The Bertz CT molecular complexity index is 461. The van der Waals surface area contributed by atoms with Crippen molar-refractivity contribution in [3.63, 3.8) is 0 Å². The molecular formula is C12H20O6S. The van der Waals surface area contributed by atoms with E-state index >= 15 is 0 Å². The van der Waals surface area contributed by atoms with E-state index in [9.17, 15) is 18.0 Å². The average Bonchev–Trinajstić information content (AvgIpc) is 2.94. The first-order valence-electron chi connectivity index (χ1n) is 6.15. The highest BCUT2D eigenvalue weighted by Crippen LogP contribution is 2.50. The van der Waals surface area contributed by atoms with Gasteiger partial charge in [0.15, 0.2) is 15.1 Å². The number of hydrogen-bond donors (Lipinski definition) is 1. The quantitative estimate of drug-likeness (QED) is 0.699. The minimum absolute atomic E-state index is 0.0349. The molecule has 19 heavy (non-hydrogen) atoms. The highest BCUT2D eigenvalue weighted by molar-refractivity contribution is 7.92. The fraction of sp³-hybridized carbons (Fsp3) is 0.833. The van der Waals surface area contributed by atoms with E-state index in [2.05, 4.69) is 4.74 Å². The van der Waals surface area contributed by atoms with Crippen LogP contribution in [0.25, 0.3) is 0 Å². The van der Waals surface area contributed by atoms with E-state index in [1.165, 1.54) is 7.11 Å². The van der Waals surface area contributed by atoms with E-state index < -0.39 is 38.4 Å². The number of esters is 1. The lowest BCUT2D eigenvalue weighted by Gasteiger charge is -2.20. The van der Waals surface area contributed by atoms with E-state index in [-0.39, 0.29) is 12.2 Å². The van der Waals surface area contributed by atoms with Crippen LogP contribution in [0.15, 0.2) is 0 Å². The van der Waals surface area contributed by atoms with Gasteiger partial charge in [-0.05, 0) is 24.2 Å². The van der Waals surface area contributed by atoms with Crippen LogP contribution in [0.3, 0.4) is 0 Å². The van der Waals surface area contributed by atoms with Crippen LogP contribution < -0.4 is 0 Å². The first-order valence-corrected chi connectivity index (χ1v) is 7.86. The molecule has 0 aromatic heterocycles. The van der Waals surface area contributed by atoms with Crippen LogP contribution >= 0.6 is 0 Å². The normalized spacial score (nSPS) is 18.9. The van der Waals surface area contributed by atoms with Crippen molar-refractivity contribution < 1.29 is 27.9 Å². The van der Waals surface area contributed by atoms with Gasteiger partial charge in [0.2, 0.25) is 0 Å². The predicted octanol–water partition coefficient (Wildman–Crippen LogP) is 0.854. The second-order valence-electron chi connectivity index (χ2n) is 5.56. The van der Waals surface area contributed by atoms with Gasteiger partial charge >= 0.3 is 11.9 Å². The number of ether oxygens (including phenoxy) is 1. The van der Waals surface area contributed by atoms with Crippen molar-refractivity contribution in [3.8, 4) is 0 Å². The average molecular weight is 292 g/mol. The SMILES string of the molecule is COC(=O)CC1(CS(=O)(=O)C(C(=O)O)C(C)C)CC1. The van der Waals surface area contributed by atoms with Gasteiger partial charge < -0.3 is 9.84 Å². The summed E-state index contributed by atoms with van der Waals surface area (Å²) in [6, 6.07) is 0. The Morgan fingerprint density at radius 1 is 1.32 bits per heavy atom. The Balaban J connectivity index is 2.85. The number of carboxylic acids is 1. The first kappa shape index (κ1) is 15.9. The molecule has 7 heteroatoms. The topological polar surface area (TPSA) is 97.7 Å². The molecule has 0 radical (unpaired) electrons. The standard InChI is InChI=1S/C12H20O6S/c1-8(2)10(11(14)15)19(16,17)7-12(4-5-12)6-9(13)18-3/h8,10H,4-7H2,1-3H3,(H,14,15). The van der Waals surface area contributed by atoms with Crippen LogP contribution in [0.5, 0.6) is 0 Å². The maximum atomic E-state index is 12.2. The van der Waals surface area contributed by atoms with Crippen LogP contribution in [0, 0.1) is 11.3 Å². The van der Waals surface area contributed by atoms with E-state index in [4.69, 9.17) is 5.11 Å². The summed E-state index contributed by atoms with van der Waals surface area (Å²) in [5.41, 5.74) is -0.617. The van der Waals surface area contributed by atoms with E-state index in [1.807, 2.05) is 0 Å². The zero-order chi connectivity index (χ0) is 14.8. The van der Waals surface area contributed by atoms with E-state index in [1.54, 1.807) is 13.8 Å². The van der Waals surface area contributed by atoms with Crippen molar-refractivity contribution in [2.45, 2.75) is 38.4 Å². The lowest BCUT2D eigenvalue weighted by molar-refractivity contribution is -0.141. The van der Waals surface area contributed by atoms with Crippen molar-refractivity contribution in [3.05, 3.63) is 0 Å².